The van der Waals surface area contributed by atoms with E-state index in [1.165, 1.54) is 4.57 Å². The number of fused-ring (bicyclic) bond motifs is 2. The van der Waals surface area contributed by atoms with Gasteiger partial charge in [0.15, 0.2) is 11.3 Å². The molecule has 2 N–H and O–H groups in total. The van der Waals surface area contributed by atoms with Gasteiger partial charge < -0.3 is 14.8 Å². The number of nitrogens with one attached hydrogen (secondary N) is 1. The summed E-state index contributed by atoms with van der Waals surface area (Å²) in [5.74, 6) is -2.29. The van der Waals surface area contributed by atoms with Crippen LogP contribution >= 0.6 is 0 Å². The fourth-order valence-electron chi connectivity index (χ4n) is 2.64. The Hall–Kier alpha value is -4.02. The van der Waals surface area contributed by atoms with Crippen molar-refractivity contribution in [2.24, 2.45) is 7.05 Å². The van der Waals surface area contributed by atoms with Crippen molar-refractivity contribution >= 4 is 28.8 Å². The van der Waals surface area contributed by atoms with Crippen LogP contribution in [0.3, 0.4) is 0 Å². The van der Waals surface area contributed by atoms with Crippen molar-refractivity contribution in [1.82, 2.24) is 29.5 Å². The Balaban J connectivity index is 1.59. The molecule has 4 rings (SSSR count). The zero-order chi connectivity index (χ0) is 19.1. The normalized spacial score (nSPS) is 11.1. The summed E-state index contributed by atoms with van der Waals surface area (Å²) in [5.41, 5.74) is 1.46. The van der Waals surface area contributed by atoms with Crippen LogP contribution in [0.4, 0.5) is 0 Å². The minimum Gasteiger partial charge on any atom is -0.477 e. The van der Waals surface area contributed by atoms with Gasteiger partial charge in [-0.3, -0.25) is 9.36 Å². The topological polar surface area (TPSA) is 145 Å². The third-order valence-corrected chi connectivity index (χ3v) is 4.01. The Labute approximate surface area is 149 Å². The van der Waals surface area contributed by atoms with Crippen LogP contribution in [-0.4, -0.2) is 41.1 Å². The average molecular weight is 368 g/mol. The molecule has 0 radical (unpaired) electrons. The van der Waals surface area contributed by atoms with E-state index in [0.717, 1.165) is 22.5 Å². The number of carbonyl (C=O) groups excluding carboxylic acids is 1. The largest absolute Gasteiger partial charge is 0.477 e. The smallest absolute Gasteiger partial charge is 0.419 e. The number of carboxylic acids is 1. The number of hydrogen-bond donors (Lipinski definition) is 2. The molecular weight excluding hydrogens is 356 g/mol. The van der Waals surface area contributed by atoms with Crippen LogP contribution in [0, 0.1) is 0 Å². The third kappa shape index (κ3) is 2.80. The lowest BCUT2D eigenvalue weighted by Gasteiger charge is -2.06. The molecule has 0 aliphatic heterocycles. The van der Waals surface area contributed by atoms with Crippen LogP contribution in [0.1, 0.15) is 26.5 Å². The highest BCUT2D eigenvalue weighted by molar-refractivity contribution is 5.95. The molecule has 136 valence electrons. The molecule has 1 amide bonds. The molecule has 3 heterocycles. The number of amides is 1. The predicted octanol–water partition coefficient (Wildman–Crippen LogP) is 0.197. The summed E-state index contributed by atoms with van der Waals surface area (Å²) in [7, 11) is 1.58. The van der Waals surface area contributed by atoms with E-state index in [2.05, 4.69) is 20.4 Å². The molecule has 0 spiro atoms. The number of aromatic carboxylic acids is 1. The second kappa shape index (κ2) is 6.05. The molecule has 27 heavy (non-hydrogen) atoms. The number of aromatic nitrogens is 5. The summed E-state index contributed by atoms with van der Waals surface area (Å²) in [6.45, 7) is 0.149. The molecule has 0 unspecified atom stereocenters. The molecule has 11 heteroatoms. The highest BCUT2D eigenvalue weighted by atomic mass is 16.4. The second-order valence-electron chi connectivity index (χ2n) is 5.72. The van der Waals surface area contributed by atoms with Gasteiger partial charge in [-0.05, 0) is 17.7 Å². The predicted molar refractivity (Wildman–Crippen MR) is 90.4 cm³/mol. The van der Waals surface area contributed by atoms with Crippen LogP contribution in [0.15, 0.2) is 39.8 Å². The minimum atomic E-state index is -1.26. The molecule has 0 saturated carbocycles. The molecule has 0 aliphatic carbocycles. The third-order valence-electron chi connectivity index (χ3n) is 4.01. The van der Waals surface area contributed by atoms with E-state index in [-0.39, 0.29) is 23.7 Å². The van der Waals surface area contributed by atoms with Crippen molar-refractivity contribution < 1.29 is 19.1 Å². The number of carbonyl (C=O) groups is 2. The van der Waals surface area contributed by atoms with Crippen LogP contribution in [0.5, 0.6) is 0 Å². The lowest BCUT2D eigenvalue weighted by Crippen LogP contribution is -2.25. The van der Waals surface area contributed by atoms with Crippen molar-refractivity contribution in [3.05, 3.63) is 58.1 Å². The first kappa shape index (κ1) is 16.4. The molecule has 3 aromatic heterocycles. The maximum absolute atomic E-state index is 12.4. The summed E-state index contributed by atoms with van der Waals surface area (Å²) < 4.78 is 7.45. The number of benzene rings is 1. The van der Waals surface area contributed by atoms with Crippen LogP contribution < -0.4 is 11.1 Å². The fraction of sp³-hybridized carbons (Fsp3) is 0.125. The molecule has 0 atom stereocenters. The highest BCUT2D eigenvalue weighted by Crippen LogP contribution is 2.14. The van der Waals surface area contributed by atoms with Gasteiger partial charge >= 0.3 is 11.7 Å². The molecule has 0 fully saturated rings. The molecule has 0 saturated heterocycles. The molecule has 0 bridgehead atoms. The summed E-state index contributed by atoms with van der Waals surface area (Å²) >= 11 is 0. The van der Waals surface area contributed by atoms with Crippen molar-refractivity contribution in [2.75, 3.05) is 0 Å². The van der Waals surface area contributed by atoms with Crippen molar-refractivity contribution in [2.45, 2.75) is 6.54 Å². The van der Waals surface area contributed by atoms with Crippen LogP contribution in [0.25, 0.3) is 16.9 Å². The Kier molecular flexibility index (Phi) is 3.69. The van der Waals surface area contributed by atoms with Crippen molar-refractivity contribution in [3.8, 4) is 0 Å². The first-order chi connectivity index (χ1) is 12.9. The molecule has 1 aromatic carbocycles. The zero-order valence-corrected chi connectivity index (χ0v) is 13.9. The van der Waals surface area contributed by atoms with E-state index in [1.54, 1.807) is 25.2 Å². The SMILES string of the molecule is Cn1c(=O)oc2ccc(CNC(=O)c3cc(C(=O)O)n4ncnc4n3)cc21. The second-order valence-corrected chi connectivity index (χ2v) is 5.72. The summed E-state index contributed by atoms with van der Waals surface area (Å²) in [6.07, 6.45) is 1.15. The van der Waals surface area contributed by atoms with Gasteiger partial charge in [0.25, 0.3) is 11.7 Å². The van der Waals surface area contributed by atoms with E-state index >= 15 is 0 Å². The van der Waals surface area contributed by atoms with Crippen LogP contribution in [0.2, 0.25) is 0 Å². The van der Waals surface area contributed by atoms with Gasteiger partial charge in [-0.25, -0.2) is 14.6 Å². The summed E-state index contributed by atoms with van der Waals surface area (Å²) in [6, 6.07) is 6.20. The maximum atomic E-state index is 12.4. The Bertz CT molecular complexity index is 1270. The first-order valence-electron chi connectivity index (χ1n) is 7.75. The number of hydrogen-bond acceptors (Lipinski definition) is 7. The van der Waals surface area contributed by atoms with E-state index in [4.69, 9.17) is 4.42 Å². The molecular formula is C16H12N6O5. The van der Waals surface area contributed by atoms with Gasteiger partial charge in [0.05, 0.1) is 5.52 Å². The zero-order valence-electron chi connectivity index (χ0n) is 13.9. The number of oxazole rings is 1. The first-order valence-corrected chi connectivity index (χ1v) is 7.75. The summed E-state index contributed by atoms with van der Waals surface area (Å²) in [5, 5.41) is 15.7. The van der Waals surface area contributed by atoms with Gasteiger partial charge in [-0.2, -0.15) is 14.6 Å². The Morgan fingerprint density at radius 3 is 2.89 bits per heavy atom. The Morgan fingerprint density at radius 2 is 2.11 bits per heavy atom. The number of aryl methyl sites for hydroxylation is 1. The number of rotatable bonds is 4. The monoisotopic (exact) mass is 368 g/mol. The van der Waals surface area contributed by atoms with Gasteiger partial charge in [0.2, 0.25) is 0 Å². The van der Waals surface area contributed by atoms with Crippen molar-refractivity contribution in [1.29, 1.82) is 0 Å². The average Bonchev–Trinajstić information content (AvgIpc) is 3.23. The molecule has 11 nitrogen and oxygen atoms in total. The van der Waals surface area contributed by atoms with Gasteiger partial charge in [0, 0.05) is 19.7 Å². The Morgan fingerprint density at radius 1 is 1.30 bits per heavy atom. The van der Waals surface area contributed by atoms with E-state index in [9.17, 15) is 19.5 Å². The number of carboxylic acid groups (broad SMARTS) is 1. The molecule has 4 aromatic rings. The van der Waals surface area contributed by atoms with E-state index < -0.39 is 17.6 Å². The lowest BCUT2D eigenvalue weighted by molar-refractivity contribution is 0.0687. The van der Waals surface area contributed by atoms with Gasteiger partial charge in [-0.15, -0.1) is 0 Å². The van der Waals surface area contributed by atoms with Gasteiger partial charge in [-0.1, -0.05) is 6.07 Å². The number of nitrogens with zero attached hydrogens (tertiary/aromatic N) is 5. The van der Waals surface area contributed by atoms with Gasteiger partial charge in [0.1, 0.15) is 12.0 Å². The quantitative estimate of drug-likeness (QED) is 0.519. The van der Waals surface area contributed by atoms with E-state index in [1.807, 2.05) is 0 Å². The highest BCUT2D eigenvalue weighted by Gasteiger charge is 2.17. The lowest BCUT2D eigenvalue weighted by atomic mass is 10.2. The summed E-state index contributed by atoms with van der Waals surface area (Å²) in [4.78, 5) is 43.1. The standard InChI is InChI=1S/C16H12N6O5/c1-21-10-4-8(2-3-12(10)27-16(21)26)6-17-13(23)9-5-11(14(24)25)22-15(20-9)18-7-19-22/h2-5,7H,6H2,1H3,(H,17,23)(H,24,25). The van der Waals surface area contributed by atoms with Crippen molar-refractivity contribution in [3.63, 3.8) is 0 Å². The minimum absolute atomic E-state index is 0.00914. The van der Waals surface area contributed by atoms with E-state index in [0.29, 0.717) is 11.1 Å². The molecule has 0 aliphatic rings. The maximum Gasteiger partial charge on any atom is 0.419 e. The van der Waals surface area contributed by atoms with Crippen LogP contribution in [-0.2, 0) is 13.6 Å². The fourth-order valence-corrected chi connectivity index (χ4v) is 2.64.